The number of hydrogen-bond donors (Lipinski definition) is 2. The predicted octanol–water partition coefficient (Wildman–Crippen LogP) is 2.80. The maximum absolute atomic E-state index is 12.1. The third kappa shape index (κ3) is 6.01. The summed E-state index contributed by atoms with van der Waals surface area (Å²) in [5.74, 6) is 0.804. The van der Waals surface area contributed by atoms with E-state index in [1.54, 1.807) is 37.4 Å². The van der Waals surface area contributed by atoms with Gasteiger partial charge in [0.1, 0.15) is 12.4 Å². The smallest absolute Gasteiger partial charge is 0.251 e. The highest BCUT2D eigenvalue weighted by Gasteiger charge is 2.10. The van der Waals surface area contributed by atoms with Crippen molar-refractivity contribution in [2.24, 2.45) is 5.92 Å². The molecule has 5 nitrogen and oxygen atoms in total. The molecule has 0 aliphatic rings. The SMILES string of the molecule is CC(O)CC(C)CNC(=O)c1ccc(OCc2ccccn2)cc1. The Kier molecular flexibility index (Phi) is 6.75. The summed E-state index contributed by atoms with van der Waals surface area (Å²) in [5, 5.41) is 12.2. The summed E-state index contributed by atoms with van der Waals surface area (Å²) >= 11 is 0. The van der Waals surface area contributed by atoms with Crippen molar-refractivity contribution in [2.45, 2.75) is 33.0 Å². The van der Waals surface area contributed by atoms with E-state index in [4.69, 9.17) is 4.74 Å². The number of benzene rings is 1. The number of nitrogens with zero attached hydrogens (tertiary/aromatic N) is 1. The number of aliphatic hydroxyl groups is 1. The molecular formula is C19H24N2O3. The molecule has 0 aliphatic carbocycles. The van der Waals surface area contributed by atoms with Crippen molar-refractivity contribution in [3.05, 3.63) is 59.9 Å². The van der Waals surface area contributed by atoms with Gasteiger partial charge in [0.05, 0.1) is 11.8 Å². The summed E-state index contributed by atoms with van der Waals surface area (Å²) in [4.78, 5) is 16.3. The quantitative estimate of drug-likeness (QED) is 0.782. The van der Waals surface area contributed by atoms with Gasteiger partial charge in [-0.3, -0.25) is 9.78 Å². The molecule has 24 heavy (non-hydrogen) atoms. The lowest BCUT2D eigenvalue weighted by atomic mass is 10.0. The topological polar surface area (TPSA) is 71.5 Å². The lowest BCUT2D eigenvalue weighted by molar-refractivity contribution is 0.0939. The average Bonchev–Trinajstić information content (AvgIpc) is 2.58. The van der Waals surface area contributed by atoms with Crippen molar-refractivity contribution in [1.29, 1.82) is 0 Å². The molecule has 0 aliphatic heterocycles. The monoisotopic (exact) mass is 328 g/mol. The maximum Gasteiger partial charge on any atom is 0.251 e. The van der Waals surface area contributed by atoms with E-state index < -0.39 is 0 Å². The molecule has 0 saturated heterocycles. The zero-order chi connectivity index (χ0) is 17.4. The Labute approximate surface area is 142 Å². The Morgan fingerprint density at radius 2 is 1.96 bits per heavy atom. The van der Waals surface area contributed by atoms with Gasteiger partial charge in [0.2, 0.25) is 0 Å². The third-order valence-corrected chi connectivity index (χ3v) is 3.58. The first kappa shape index (κ1) is 17.9. The van der Waals surface area contributed by atoms with Gasteiger partial charge >= 0.3 is 0 Å². The fourth-order valence-corrected chi connectivity index (χ4v) is 2.38. The highest BCUT2D eigenvalue weighted by atomic mass is 16.5. The lowest BCUT2D eigenvalue weighted by Gasteiger charge is -2.14. The molecule has 1 amide bonds. The van der Waals surface area contributed by atoms with Crippen LogP contribution in [-0.4, -0.2) is 28.6 Å². The van der Waals surface area contributed by atoms with Crippen molar-refractivity contribution in [2.75, 3.05) is 6.54 Å². The van der Waals surface area contributed by atoms with E-state index in [1.807, 2.05) is 25.1 Å². The number of aromatic nitrogens is 1. The van der Waals surface area contributed by atoms with Crippen molar-refractivity contribution in [3.8, 4) is 5.75 Å². The summed E-state index contributed by atoms with van der Waals surface area (Å²) in [5.41, 5.74) is 1.44. The fourth-order valence-electron chi connectivity index (χ4n) is 2.38. The minimum Gasteiger partial charge on any atom is -0.487 e. The van der Waals surface area contributed by atoms with Crippen LogP contribution in [-0.2, 0) is 6.61 Å². The van der Waals surface area contributed by atoms with Crippen molar-refractivity contribution < 1.29 is 14.6 Å². The van der Waals surface area contributed by atoms with Gasteiger partial charge in [-0.05, 0) is 55.7 Å². The molecule has 2 aromatic rings. The molecule has 1 aromatic carbocycles. The lowest BCUT2D eigenvalue weighted by Crippen LogP contribution is -2.29. The summed E-state index contributed by atoms with van der Waals surface area (Å²) in [6, 6.07) is 12.7. The van der Waals surface area contributed by atoms with Gasteiger partial charge in [-0.2, -0.15) is 0 Å². The fraction of sp³-hybridized carbons (Fsp3) is 0.368. The van der Waals surface area contributed by atoms with E-state index in [0.29, 0.717) is 30.9 Å². The van der Waals surface area contributed by atoms with Gasteiger partial charge in [0.15, 0.2) is 0 Å². The Bertz CT molecular complexity index is 627. The molecule has 0 saturated carbocycles. The highest BCUT2D eigenvalue weighted by Crippen LogP contribution is 2.14. The van der Waals surface area contributed by atoms with Crippen LogP contribution < -0.4 is 10.1 Å². The predicted molar refractivity (Wildman–Crippen MR) is 92.8 cm³/mol. The second kappa shape index (κ2) is 9.03. The molecule has 0 bridgehead atoms. The Morgan fingerprint density at radius 1 is 1.21 bits per heavy atom. The first-order chi connectivity index (χ1) is 11.5. The molecule has 0 radical (unpaired) electrons. The summed E-state index contributed by atoms with van der Waals surface area (Å²) in [6.07, 6.45) is 2.04. The van der Waals surface area contributed by atoms with Crippen LogP contribution in [0.5, 0.6) is 5.75 Å². The van der Waals surface area contributed by atoms with E-state index in [0.717, 1.165) is 5.69 Å². The van der Waals surface area contributed by atoms with Crippen LogP contribution in [0.1, 0.15) is 36.3 Å². The van der Waals surface area contributed by atoms with Gasteiger partial charge in [-0.1, -0.05) is 13.0 Å². The van der Waals surface area contributed by atoms with Crippen LogP contribution >= 0.6 is 0 Å². The van der Waals surface area contributed by atoms with Gasteiger partial charge in [-0.15, -0.1) is 0 Å². The Hall–Kier alpha value is -2.40. The van der Waals surface area contributed by atoms with Crippen LogP contribution in [0, 0.1) is 5.92 Å². The van der Waals surface area contributed by atoms with Crippen LogP contribution in [0.3, 0.4) is 0 Å². The minimum atomic E-state index is -0.354. The van der Waals surface area contributed by atoms with E-state index in [-0.39, 0.29) is 17.9 Å². The summed E-state index contributed by atoms with van der Waals surface area (Å²) < 4.78 is 5.65. The van der Waals surface area contributed by atoms with E-state index in [1.165, 1.54) is 0 Å². The number of aliphatic hydroxyl groups excluding tert-OH is 1. The number of pyridine rings is 1. The third-order valence-electron chi connectivity index (χ3n) is 3.58. The standard InChI is InChI=1S/C19H24N2O3/c1-14(11-15(2)22)12-21-19(23)16-6-8-18(9-7-16)24-13-17-5-3-4-10-20-17/h3-10,14-15,22H,11-13H2,1-2H3,(H,21,23). The maximum atomic E-state index is 12.1. The van der Waals surface area contributed by atoms with Crippen molar-refractivity contribution >= 4 is 5.91 Å². The zero-order valence-electron chi connectivity index (χ0n) is 14.1. The second-order valence-corrected chi connectivity index (χ2v) is 6.03. The van der Waals surface area contributed by atoms with Gasteiger partial charge < -0.3 is 15.2 Å². The van der Waals surface area contributed by atoms with E-state index >= 15 is 0 Å². The number of carbonyl (C=O) groups excluding carboxylic acids is 1. The Morgan fingerprint density at radius 3 is 2.58 bits per heavy atom. The van der Waals surface area contributed by atoms with Gasteiger partial charge in [0.25, 0.3) is 5.91 Å². The summed E-state index contributed by atoms with van der Waals surface area (Å²) in [7, 11) is 0. The molecule has 128 valence electrons. The molecule has 0 spiro atoms. The first-order valence-corrected chi connectivity index (χ1v) is 8.13. The number of carbonyl (C=O) groups is 1. The van der Waals surface area contributed by atoms with E-state index in [9.17, 15) is 9.90 Å². The zero-order valence-corrected chi connectivity index (χ0v) is 14.1. The number of amides is 1. The van der Waals surface area contributed by atoms with Crippen molar-refractivity contribution in [3.63, 3.8) is 0 Å². The van der Waals surface area contributed by atoms with E-state index in [2.05, 4.69) is 10.3 Å². The molecule has 0 fully saturated rings. The Balaban J connectivity index is 1.81. The van der Waals surface area contributed by atoms with Gasteiger partial charge in [0, 0.05) is 18.3 Å². The molecule has 2 unspecified atom stereocenters. The van der Waals surface area contributed by atoms with Crippen LogP contribution in [0.4, 0.5) is 0 Å². The molecule has 5 heteroatoms. The van der Waals surface area contributed by atoms with Crippen LogP contribution in [0.2, 0.25) is 0 Å². The number of hydrogen-bond acceptors (Lipinski definition) is 4. The number of nitrogens with one attached hydrogen (secondary N) is 1. The molecular weight excluding hydrogens is 304 g/mol. The molecule has 1 aromatic heterocycles. The summed E-state index contributed by atoms with van der Waals surface area (Å²) in [6.45, 7) is 4.69. The van der Waals surface area contributed by atoms with Gasteiger partial charge in [-0.25, -0.2) is 0 Å². The molecule has 2 N–H and O–H groups in total. The minimum absolute atomic E-state index is 0.122. The van der Waals surface area contributed by atoms with Crippen LogP contribution in [0.15, 0.2) is 48.7 Å². The van der Waals surface area contributed by atoms with Crippen molar-refractivity contribution in [1.82, 2.24) is 10.3 Å². The largest absolute Gasteiger partial charge is 0.487 e. The van der Waals surface area contributed by atoms with Crippen LogP contribution in [0.25, 0.3) is 0 Å². The average molecular weight is 328 g/mol. The number of ether oxygens (including phenoxy) is 1. The second-order valence-electron chi connectivity index (χ2n) is 6.03. The number of rotatable bonds is 8. The first-order valence-electron chi connectivity index (χ1n) is 8.13. The molecule has 1 heterocycles. The molecule has 2 rings (SSSR count). The highest BCUT2D eigenvalue weighted by molar-refractivity contribution is 5.94. The normalized spacial score (nSPS) is 13.1. The molecule has 2 atom stereocenters.